The van der Waals surface area contributed by atoms with Gasteiger partial charge in [0.05, 0.1) is 32.7 Å². The van der Waals surface area contributed by atoms with Crippen LogP contribution in [-0.4, -0.2) is 34.7 Å². The predicted molar refractivity (Wildman–Crippen MR) is 117 cm³/mol. The highest BCUT2D eigenvalue weighted by atomic mass is 35.5. The molecule has 0 saturated carbocycles. The summed E-state index contributed by atoms with van der Waals surface area (Å²) >= 11 is 12.0. The summed E-state index contributed by atoms with van der Waals surface area (Å²) in [5, 5.41) is 1.44. The van der Waals surface area contributed by atoms with E-state index in [9.17, 15) is 0 Å². The third kappa shape index (κ3) is 5.84. The summed E-state index contributed by atoms with van der Waals surface area (Å²) in [5.41, 5.74) is 2.23. The van der Waals surface area contributed by atoms with Gasteiger partial charge in [-0.1, -0.05) is 47.5 Å². The van der Waals surface area contributed by atoms with Crippen LogP contribution in [0.1, 0.15) is 17.5 Å². The fraction of sp³-hybridized carbons (Fsp3) is 0.348. The number of nitrogens with zero attached hydrogens (tertiary/aromatic N) is 2. The standard InChI is InChI=1S/C23H24Cl2N2O3/c24-20-6-4-18(5-7-20)8-9-23(16-27-11-10-26-17-27)29-15-22(30-23)14-28-13-19-2-1-3-21(25)12-19/h1-7,10-12,17,22H,8-9,13-16H2. The minimum atomic E-state index is -0.718. The quantitative estimate of drug-likeness (QED) is 0.455. The van der Waals surface area contributed by atoms with Crippen LogP contribution < -0.4 is 0 Å². The number of rotatable bonds is 9. The van der Waals surface area contributed by atoms with Crippen LogP contribution in [0.2, 0.25) is 10.0 Å². The first-order valence-corrected chi connectivity index (χ1v) is 10.7. The lowest BCUT2D eigenvalue weighted by atomic mass is 10.0. The Morgan fingerprint density at radius 3 is 2.73 bits per heavy atom. The van der Waals surface area contributed by atoms with Gasteiger partial charge in [-0.3, -0.25) is 0 Å². The second kappa shape index (κ2) is 9.94. The van der Waals surface area contributed by atoms with Gasteiger partial charge in [-0.05, 0) is 41.8 Å². The van der Waals surface area contributed by atoms with Gasteiger partial charge in [0.15, 0.2) is 5.79 Å². The van der Waals surface area contributed by atoms with Gasteiger partial charge in [-0.25, -0.2) is 4.98 Å². The number of imidazole rings is 1. The van der Waals surface area contributed by atoms with Crippen molar-refractivity contribution in [2.45, 2.75) is 37.9 Å². The monoisotopic (exact) mass is 446 g/mol. The summed E-state index contributed by atoms with van der Waals surface area (Å²) in [6.45, 7) is 2.01. The molecule has 0 amide bonds. The van der Waals surface area contributed by atoms with Crippen LogP contribution in [0.5, 0.6) is 0 Å². The van der Waals surface area contributed by atoms with Crippen LogP contribution in [-0.2, 0) is 33.8 Å². The molecule has 3 aromatic rings. The van der Waals surface area contributed by atoms with E-state index in [1.54, 1.807) is 12.5 Å². The number of hydrogen-bond acceptors (Lipinski definition) is 4. The van der Waals surface area contributed by atoms with Gasteiger partial charge in [0.2, 0.25) is 0 Å². The highest BCUT2D eigenvalue weighted by molar-refractivity contribution is 6.30. The van der Waals surface area contributed by atoms with Gasteiger partial charge in [0.25, 0.3) is 0 Å². The van der Waals surface area contributed by atoms with E-state index in [1.165, 1.54) is 5.56 Å². The van der Waals surface area contributed by atoms with E-state index in [0.717, 1.165) is 23.4 Å². The molecule has 2 unspecified atom stereocenters. The van der Waals surface area contributed by atoms with E-state index >= 15 is 0 Å². The van der Waals surface area contributed by atoms with Gasteiger partial charge >= 0.3 is 0 Å². The smallest absolute Gasteiger partial charge is 0.187 e. The summed E-state index contributed by atoms with van der Waals surface area (Å²) < 4.78 is 20.4. The molecule has 0 spiro atoms. The third-order valence-electron chi connectivity index (χ3n) is 5.07. The Kier molecular flexibility index (Phi) is 7.08. The molecule has 1 fully saturated rings. The molecule has 0 radical (unpaired) electrons. The molecule has 158 valence electrons. The minimum absolute atomic E-state index is 0.127. The lowest BCUT2D eigenvalue weighted by Gasteiger charge is -2.28. The second-order valence-corrected chi connectivity index (χ2v) is 8.34. The maximum absolute atomic E-state index is 6.38. The molecule has 5 nitrogen and oxygen atoms in total. The Hall–Kier alpha value is -1.89. The van der Waals surface area contributed by atoms with Crippen LogP contribution in [0.4, 0.5) is 0 Å². The summed E-state index contributed by atoms with van der Waals surface area (Å²) in [6, 6.07) is 15.6. The molecule has 4 rings (SSSR count). The Morgan fingerprint density at radius 2 is 1.97 bits per heavy atom. The summed E-state index contributed by atoms with van der Waals surface area (Å²) in [7, 11) is 0. The summed E-state index contributed by atoms with van der Waals surface area (Å²) in [5.74, 6) is -0.718. The first-order valence-electron chi connectivity index (χ1n) is 9.94. The van der Waals surface area contributed by atoms with Crippen molar-refractivity contribution in [1.29, 1.82) is 0 Å². The molecule has 2 aromatic carbocycles. The molecule has 0 aliphatic carbocycles. The van der Waals surface area contributed by atoms with E-state index < -0.39 is 5.79 Å². The number of ether oxygens (including phenoxy) is 3. The van der Waals surface area contributed by atoms with Crippen molar-refractivity contribution in [3.63, 3.8) is 0 Å². The van der Waals surface area contributed by atoms with Crippen molar-refractivity contribution < 1.29 is 14.2 Å². The van der Waals surface area contributed by atoms with Crippen LogP contribution in [0.3, 0.4) is 0 Å². The van der Waals surface area contributed by atoms with E-state index in [0.29, 0.717) is 31.4 Å². The van der Waals surface area contributed by atoms with Crippen LogP contribution in [0.25, 0.3) is 0 Å². The molecule has 30 heavy (non-hydrogen) atoms. The van der Waals surface area contributed by atoms with Gasteiger partial charge in [0, 0.05) is 28.9 Å². The zero-order valence-electron chi connectivity index (χ0n) is 16.5. The van der Waals surface area contributed by atoms with Crippen molar-refractivity contribution in [2.75, 3.05) is 13.2 Å². The molecule has 1 aromatic heterocycles. The van der Waals surface area contributed by atoms with Gasteiger partial charge in [0.1, 0.15) is 6.10 Å². The Labute approximate surface area is 186 Å². The fourth-order valence-corrected chi connectivity index (χ4v) is 3.91. The zero-order valence-corrected chi connectivity index (χ0v) is 18.1. The molecule has 2 heterocycles. The van der Waals surface area contributed by atoms with Crippen molar-refractivity contribution >= 4 is 23.2 Å². The Bertz CT molecular complexity index is 934. The van der Waals surface area contributed by atoms with Crippen LogP contribution >= 0.6 is 23.2 Å². The number of hydrogen-bond donors (Lipinski definition) is 0. The van der Waals surface area contributed by atoms with Crippen LogP contribution in [0, 0.1) is 0 Å². The summed E-state index contributed by atoms with van der Waals surface area (Å²) in [4.78, 5) is 4.13. The Morgan fingerprint density at radius 1 is 1.10 bits per heavy atom. The van der Waals surface area contributed by atoms with Crippen LogP contribution in [0.15, 0.2) is 67.3 Å². The SMILES string of the molecule is Clc1ccc(CCC2(Cn3ccnc3)OCC(COCc3cccc(Cl)c3)O2)cc1. The number of aryl methyl sites for hydroxylation is 1. The van der Waals surface area contributed by atoms with E-state index in [4.69, 9.17) is 37.4 Å². The van der Waals surface area contributed by atoms with E-state index in [1.807, 2.05) is 59.3 Å². The average molecular weight is 447 g/mol. The molecule has 1 aliphatic rings. The Balaban J connectivity index is 1.35. The minimum Gasteiger partial charge on any atom is -0.374 e. The lowest BCUT2D eigenvalue weighted by Crippen LogP contribution is -2.37. The fourth-order valence-electron chi connectivity index (χ4n) is 3.57. The van der Waals surface area contributed by atoms with Crippen molar-refractivity contribution in [3.8, 4) is 0 Å². The second-order valence-electron chi connectivity index (χ2n) is 7.47. The van der Waals surface area contributed by atoms with Crippen molar-refractivity contribution in [1.82, 2.24) is 9.55 Å². The molecule has 0 N–H and O–H groups in total. The molecule has 0 bridgehead atoms. The van der Waals surface area contributed by atoms with Crippen molar-refractivity contribution in [2.24, 2.45) is 0 Å². The highest BCUT2D eigenvalue weighted by Crippen LogP contribution is 2.31. The topological polar surface area (TPSA) is 45.5 Å². The van der Waals surface area contributed by atoms with Gasteiger partial charge < -0.3 is 18.8 Å². The largest absolute Gasteiger partial charge is 0.374 e. The maximum Gasteiger partial charge on any atom is 0.187 e. The number of halogens is 2. The highest BCUT2D eigenvalue weighted by Gasteiger charge is 2.41. The predicted octanol–water partition coefficient (Wildman–Crippen LogP) is 5.15. The molecule has 7 heteroatoms. The molecule has 1 aliphatic heterocycles. The number of aromatic nitrogens is 2. The van der Waals surface area contributed by atoms with Gasteiger partial charge in [-0.2, -0.15) is 0 Å². The normalized spacial score (nSPS) is 21.2. The molecule has 2 atom stereocenters. The zero-order chi connectivity index (χ0) is 20.8. The molecular weight excluding hydrogens is 423 g/mol. The average Bonchev–Trinajstić information content (AvgIpc) is 3.39. The lowest BCUT2D eigenvalue weighted by molar-refractivity contribution is -0.187. The first kappa shape index (κ1) is 21.3. The van der Waals surface area contributed by atoms with Crippen molar-refractivity contribution in [3.05, 3.63) is 88.4 Å². The van der Waals surface area contributed by atoms with Gasteiger partial charge in [-0.15, -0.1) is 0 Å². The van der Waals surface area contributed by atoms with E-state index in [-0.39, 0.29) is 6.10 Å². The third-order valence-corrected chi connectivity index (χ3v) is 5.55. The molecular formula is C23H24Cl2N2O3. The summed E-state index contributed by atoms with van der Waals surface area (Å²) in [6.07, 6.45) is 6.87. The first-order chi connectivity index (χ1) is 14.6. The number of benzene rings is 2. The molecule has 1 saturated heterocycles. The maximum atomic E-state index is 6.38. The van der Waals surface area contributed by atoms with E-state index in [2.05, 4.69) is 4.98 Å².